The summed E-state index contributed by atoms with van der Waals surface area (Å²) in [5, 5.41) is 11.3. The van der Waals surface area contributed by atoms with Crippen LogP contribution in [0.1, 0.15) is 65.3 Å². The molecule has 9 heteroatoms. The highest BCUT2D eigenvalue weighted by molar-refractivity contribution is 5.97. The normalized spacial score (nSPS) is 16.4. The summed E-state index contributed by atoms with van der Waals surface area (Å²) in [4.78, 5) is 29.6. The average molecular weight is 435 g/mol. The van der Waals surface area contributed by atoms with Crippen molar-refractivity contribution in [2.75, 3.05) is 0 Å². The van der Waals surface area contributed by atoms with Crippen LogP contribution < -0.4 is 10.1 Å². The number of ketones is 1. The second-order valence-corrected chi connectivity index (χ2v) is 8.25. The summed E-state index contributed by atoms with van der Waals surface area (Å²) in [6.07, 6.45) is 6.36. The first kappa shape index (κ1) is 20.3. The van der Waals surface area contributed by atoms with E-state index >= 15 is 0 Å². The van der Waals surface area contributed by atoms with E-state index in [0.717, 1.165) is 25.7 Å². The Morgan fingerprint density at radius 2 is 1.97 bits per heavy atom. The van der Waals surface area contributed by atoms with Crippen LogP contribution in [0.5, 0.6) is 5.75 Å². The molecule has 2 fully saturated rings. The zero-order valence-corrected chi connectivity index (χ0v) is 17.5. The number of amides is 1. The van der Waals surface area contributed by atoms with Gasteiger partial charge in [-0.15, -0.1) is 5.10 Å². The Kier molecular flexibility index (Phi) is 5.16. The van der Waals surface area contributed by atoms with Gasteiger partial charge in [-0.25, -0.2) is 9.37 Å². The van der Waals surface area contributed by atoms with Gasteiger partial charge in [0.15, 0.2) is 5.78 Å². The molecule has 2 aliphatic carbocycles. The maximum atomic E-state index is 14.5. The monoisotopic (exact) mass is 435 g/mol. The van der Waals surface area contributed by atoms with Gasteiger partial charge in [0.2, 0.25) is 0 Å². The minimum atomic E-state index is -0.629. The Balaban J connectivity index is 1.25. The summed E-state index contributed by atoms with van der Waals surface area (Å²) in [5.74, 6) is -0.330. The van der Waals surface area contributed by atoms with Gasteiger partial charge in [-0.1, -0.05) is 0 Å². The van der Waals surface area contributed by atoms with Crippen LogP contribution in [0.4, 0.5) is 4.39 Å². The van der Waals surface area contributed by atoms with Crippen molar-refractivity contribution in [3.05, 3.63) is 65.5 Å². The van der Waals surface area contributed by atoms with Gasteiger partial charge < -0.3 is 10.1 Å². The van der Waals surface area contributed by atoms with Crippen LogP contribution >= 0.6 is 0 Å². The number of hydrogen-bond acceptors (Lipinski definition) is 6. The highest BCUT2D eigenvalue weighted by atomic mass is 19.1. The van der Waals surface area contributed by atoms with Crippen molar-refractivity contribution in [2.45, 2.75) is 44.8 Å². The van der Waals surface area contributed by atoms with Crippen LogP contribution in [-0.4, -0.2) is 37.7 Å². The average Bonchev–Trinajstić information content (AvgIpc) is 3.72. The number of ether oxygens (including phenoxy) is 1. The number of nitrogens with zero attached hydrogens (tertiary/aromatic N) is 4. The minimum absolute atomic E-state index is 0.000782. The third-order valence-corrected chi connectivity index (χ3v) is 5.52. The molecule has 1 atom stereocenters. The van der Waals surface area contributed by atoms with Crippen molar-refractivity contribution in [3.8, 4) is 11.4 Å². The largest absolute Gasteiger partial charge is 0.483 e. The molecule has 0 aliphatic heterocycles. The number of hydrogen-bond donors (Lipinski definition) is 1. The quantitative estimate of drug-likeness (QED) is 0.545. The molecule has 164 valence electrons. The van der Waals surface area contributed by atoms with Crippen molar-refractivity contribution in [3.63, 3.8) is 0 Å². The summed E-state index contributed by atoms with van der Waals surface area (Å²) in [6, 6.07) is 7.80. The number of rotatable bonds is 8. The molecule has 0 spiro atoms. The first-order valence-corrected chi connectivity index (χ1v) is 10.7. The van der Waals surface area contributed by atoms with Gasteiger partial charge in [0.05, 0.1) is 23.6 Å². The topological polar surface area (TPSA) is 99.0 Å². The molecule has 0 saturated heterocycles. The van der Waals surface area contributed by atoms with Crippen LogP contribution in [0.2, 0.25) is 0 Å². The van der Waals surface area contributed by atoms with E-state index in [1.165, 1.54) is 29.3 Å². The van der Waals surface area contributed by atoms with E-state index in [2.05, 4.69) is 20.5 Å². The lowest BCUT2D eigenvalue weighted by atomic mass is 10.2. The van der Waals surface area contributed by atoms with E-state index in [1.54, 1.807) is 18.2 Å². The summed E-state index contributed by atoms with van der Waals surface area (Å²) >= 11 is 0. The first-order chi connectivity index (χ1) is 15.5. The van der Waals surface area contributed by atoms with Crippen LogP contribution in [0.25, 0.3) is 5.69 Å². The fraction of sp³-hybridized carbons (Fsp3) is 0.348. The molecule has 1 aromatic carbocycles. The number of nitrogens with one attached hydrogen (secondary N) is 1. The molecular formula is C23H22FN5O3. The molecule has 2 saturated carbocycles. The predicted octanol–water partition coefficient (Wildman–Crippen LogP) is 3.43. The summed E-state index contributed by atoms with van der Waals surface area (Å²) < 4.78 is 20.3. The second kappa shape index (κ2) is 8.14. The molecule has 2 heterocycles. The molecule has 8 nitrogen and oxygen atoms in total. The third-order valence-electron chi connectivity index (χ3n) is 5.52. The highest BCUT2D eigenvalue weighted by Crippen LogP contribution is 2.32. The lowest BCUT2D eigenvalue weighted by molar-refractivity contribution is 0.0943. The van der Waals surface area contributed by atoms with Crippen molar-refractivity contribution >= 4 is 11.7 Å². The molecule has 0 bridgehead atoms. The Labute approximate surface area is 183 Å². The predicted molar refractivity (Wildman–Crippen MR) is 112 cm³/mol. The van der Waals surface area contributed by atoms with Gasteiger partial charge in [0, 0.05) is 18.0 Å². The number of Topliss-reactive ketones (excluding diaryl/α,β-unsaturated/α-hetero) is 1. The number of aromatic nitrogens is 4. The van der Waals surface area contributed by atoms with Crippen LogP contribution in [0.15, 0.2) is 42.7 Å². The summed E-state index contributed by atoms with van der Waals surface area (Å²) in [5.41, 5.74) is 1.39. The molecule has 2 aliphatic rings. The Morgan fingerprint density at radius 3 is 2.62 bits per heavy atom. The molecule has 0 radical (unpaired) electrons. The van der Waals surface area contributed by atoms with E-state index in [1.807, 2.05) is 6.92 Å². The standard InChI is InChI=1S/C23H22FN5O3/c1-13(32-17-7-9-20(25-11-17)22(30)14-2-3-14)21-12-26-29(28-21)16-6-8-18(19(24)10-16)23(31)27-15-4-5-15/h6-15H,2-5H2,1H3,(H,27,31). The van der Waals surface area contributed by atoms with E-state index in [-0.39, 0.29) is 23.3 Å². The van der Waals surface area contributed by atoms with Crippen molar-refractivity contribution in [1.29, 1.82) is 0 Å². The second-order valence-electron chi connectivity index (χ2n) is 8.25. The fourth-order valence-corrected chi connectivity index (χ4v) is 3.30. The zero-order chi connectivity index (χ0) is 22.2. The minimum Gasteiger partial charge on any atom is -0.483 e. The number of pyridine rings is 1. The Morgan fingerprint density at radius 1 is 1.16 bits per heavy atom. The SMILES string of the molecule is CC(Oc1ccc(C(=O)C2CC2)nc1)c1cnn(-c2ccc(C(=O)NC3CC3)c(F)c2)n1. The van der Waals surface area contributed by atoms with Crippen LogP contribution in [-0.2, 0) is 0 Å². The zero-order valence-electron chi connectivity index (χ0n) is 17.5. The first-order valence-electron chi connectivity index (χ1n) is 10.7. The molecule has 3 aromatic rings. The molecule has 1 amide bonds. The van der Waals surface area contributed by atoms with Crippen LogP contribution in [0, 0.1) is 11.7 Å². The van der Waals surface area contributed by atoms with Gasteiger partial charge in [-0.3, -0.25) is 9.59 Å². The molecule has 5 rings (SSSR count). The van der Waals surface area contributed by atoms with E-state index in [9.17, 15) is 14.0 Å². The lowest BCUT2D eigenvalue weighted by Crippen LogP contribution is -2.26. The summed E-state index contributed by atoms with van der Waals surface area (Å²) in [7, 11) is 0. The molecule has 32 heavy (non-hydrogen) atoms. The molecule has 1 unspecified atom stereocenters. The van der Waals surface area contributed by atoms with Crippen molar-refractivity contribution < 1.29 is 18.7 Å². The number of benzene rings is 1. The van der Waals surface area contributed by atoms with E-state index < -0.39 is 17.8 Å². The van der Waals surface area contributed by atoms with Crippen molar-refractivity contribution in [1.82, 2.24) is 25.3 Å². The van der Waals surface area contributed by atoms with Crippen LogP contribution in [0.3, 0.4) is 0 Å². The highest BCUT2D eigenvalue weighted by Gasteiger charge is 2.31. The van der Waals surface area contributed by atoms with Gasteiger partial charge >= 0.3 is 0 Å². The number of carbonyl (C=O) groups excluding carboxylic acids is 2. The summed E-state index contributed by atoms with van der Waals surface area (Å²) in [6.45, 7) is 1.81. The van der Waals surface area contributed by atoms with Gasteiger partial charge in [-0.2, -0.15) is 9.90 Å². The van der Waals surface area contributed by atoms with E-state index in [4.69, 9.17) is 4.74 Å². The molecule has 2 aromatic heterocycles. The van der Waals surface area contributed by atoms with Gasteiger partial charge in [0.1, 0.15) is 29.1 Å². The Bertz CT molecular complexity index is 1170. The Hall–Kier alpha value is -3.62. The lowest BCUT2D eigenvalue weighted by Gasteiger charge is -2.12. The van der Waals surface area contributed by atoms with Gasteiger partial charge in [0.25, 0.3) is 5.91 Å². The molecular weight excluding hydrogens is 413 g/mol. The smallest absolute Gasteiger partial charge is 0.254 e. The number of halogens is 1. The maximum Gasteiger partial charge on any atom is 0.254 e. The van der Waals surface area contributed by atoms with Crippen molar-refractivity contribution in [2.24, 2.45) is 5.92 Å². The van der Waals surface area contributed by atoms with E-state index in [0.29, 0.717) is 22.8 Å². The molecule has 1 N–H and O–H groups in total. The third kappa shape index (κ3) is 4.37. The maximum absolute atomic E-state index is 14.5. The number of carbonyl (C=O) groups is 2. The fourth-order valence-electron chi connectivity index (χ4n) is 3.30. The van der Waals surface area contributed by atoms with Gasteiger partial charge in [-0.05, 0) is 56.9 Å².